The van der Waals surface area contributed by atoms with Crippen molar-refractivity contribution in [3.8, 4) is 5.75 Å². The van der Waals surface area contributed by atoms with E-state index in [1.54, 1.807) is 14.2 Å². The van der Waals surface area contributed by atoms with Crippen LogP contribution in [0.1, 0.15) is 24.0 Å². The van der Waals surface area contributed by atoms with Gasteiger partial charge in [-0.1, -0.05) is 55.5 Å². The monoisotopic (exact) mass is 325 g/mol. The van der Waals surface area contributed by atoms with E-state index in [1.807, 2.05) is 24.3 Å². The molecule has 24 heavy (non-hydrogen) atoms. The van der Waals surface area contributed by atoms with Crippen molar-refractivity contribution in [3.05, 3.63) is 65.7 Å². The number of methoxy groups -OCH3 is 1. The summed E-state index contributed by atoms with van der Waals surface area (Å²) in [4.78, 5) is 4.29. The van der Waals surface area contributed by atoms with Crippen molar-refractivity contribution in [2.24, 2.45) is 4.99 Å². The molecule has 0 fully saturated rings. The smallest absolute Gasteiger partial charge is 0.191 e. The summed E-state index contributed by atoms with van der Waals surface area (Å²) in [6.45, 7) is 3.86. The molecule has 128 valence electrons. The number of aliphatic imine (C=N–C) groups is 1. The average Bonchev–Trinajstić information content (AvgIpc) is 2.65. The minimum absolute atomic E-state index is 0.430. The van der Waals surface area contributed by atoms with Crippen LogP contribution in [0.15, 0.2) is 59.6 Å². The number of nitrogens with zero attached hydrogens (tertiary/aromatic N) is 1. The van der Waals surface area contributed by atoms with Crippen molar-refractivity contribution >= 4 is 5.96 Å². The molecule has 2 aromatic rings. The molecular formula is C20H27N3O. The van der Waals surface area contributed by atoms with Crippen LogP contribution in [0.5, 0.6) is 5.75 Å². The highest BCUT2D eigenvalue weighted by molar-refractivity contribution is 5.79. The Bertz CT molecular complexity index is 640. The molecule has 0 aliphatic carbocycles. The molecule has 0 saturated carbocycles. The van der Waals surface area contributed by atoms with E-state index in [9.17, 15) is 0 Å². The van der Waals surface area contributed by atoms with Crippen LogP contribution in [0.25, 0.3) is 0 Å². The second-order valence-electron chi connectivity index (χ2n) is 5.75. The van der Waals surface area contributed by atoms with Gasteiger partial charge in [-0.25, -0.2) is 0 Å². The second kappa shape index (κ2) is 9.60. The topological polar surface area (TPSA) is 45.7 Å². The van der Waals surface area contributed by atoms with Crippen molar-refractivity contribution in [1.82, 2.24) is 10.6 Å². The molecule has 0 aliphatic rings. The van der Waals surface area contributed by atoms with Crippen LogP contribution < -0.4 is 15.4 Å². The highest BCUT2D eigenvalue weighted by Crippen LogP contribution is 2.17. The Balaban J connectivity index is 1.78. The largest absolute Gasteiger partial charge is 0.496 e. The number of nitrogens with one attached hydrogen (secondary N) is 2. The Hall–Kier alpha value is -2.49. The normalized spacial score (nSPS) is 12.5. The minimum atomic E-state index is 0.430. The zero-order valence-electron chi connectivity index (χ0n) is 14.8. The van der Waals surface area contributed by atoms with Crippen LogP contribution in [0.3, 0.4) is 0 Å². The summed E-state index contributed by atoms with van der Waals surface area (Å²) in [5.41, 5.74) is 2.52. The summed E-state index contributed by atoms with van der Waals surface area (Å²) < 4.78 is 5.38. The minimum Gasteiger partial charge on any atom is -0.496 e. The fourth-order valence-electron chi connectivity index (χ4n) is 2.59. The van der Waals surface area contributed by atoms with E-state index in [0.717, 1.165) is 31.2 Å². The maximum atomic E-state index is 5.38. The first kappa shape index (κ1) is 17.9. The van der Waals surface area contributed by atoms with Gasteiger partial charge in [-0.15, -0.1) is 0 Å². The number of hydrogen-bond acceptors (Lipinski definition) is 2. The first-order valence-electron chi connectivity index (χ1n) is 8.36. The molecule has 0 aliphatic heterocycles. The van der Waals surface area contributed by atoms with E-state index < -0.39 is 0 Å². The van der Waals surface area contributed by atoms with E-state index in [1.165, 1.54) is 11.1 Å². The van der Waals surface area contributed by atoms with E-state index in [4.69, 9.17) is 4.74 Å². The van der Waals surface area contributed by atoms with E-state index in [2.05, 4.69) is 52.9 Å². The lowest BCUT2D eigenvalue weighted by Crippen LogP contribution is -2.39. The molecule has 0 aromatic heterocycles. The first-order chi connectivity index (χ1) is 11.7. The fourth-order valence-corrected chi connectivity index (χ4v) is 2.59. The summed E-state index contributed by atoms with van der Waals surface area (Å²) in [6, 6.07) is 18.6. The lowest BCUT2D eigenvalue weighted by Gasteiger charge is -2.16. The number of guanidine groups is 1. The third-order valence-electron chi connectivity index (χ3n) is 4.05. The van der Waals surface area contributed by atoms with Gasteiger partial charge in [0.1, 0.15) is 5.75 Å². The van der Waals surface area contributed by atoms with Crippen LogP contribution in [0.4, 0.5) is 0 Å². The van der Waals surface area contributed by atoms with Crippen LogP contribution in [-0.4, -0.2) is 33.2 Å². The molecular weight excluding hydrogens is 298 g/mol. The van der Waals surface area contributed by atoms with Gasteiger partial charge in [0.2, 0.25) is 0 Å². The summed E-state index contributed by atoms with van der Waals surface area (Å²) in [6.07, 6.45) is 0.888. The highest BCUT2D eigenvalue weighted by atomic mass is 16.5. The van der Waals surface area contributed by atoms with Gasteiger partial charge in [-0.3, -0.25) is 4.99 Å². The van der Waals surface area contributed by atoms with Crippen LogP contribution in [-0.2, 0) is 6.42 Å². The van der Waals surface area contributed by atoms with Gasteiger partial charge < -0.3 is 15.4 Å². The lowest BCUT2D eigenvalue weighted by atomic mass is 10.0. The van der Waals surface area contributed by atoms with E-state index in [-0.39, 0.29) is 0 Å². The van der Waals surface area contributed by atoms with E-state index in [0.29, 0.717) is 5.92 Å². The Kier molecular flexibility index (Phi) is 7.15. The number of ether oxygens (including phenoxy) is 1. The molecule has 0 spiro atoms. The quantitative estimate of drug-likeness (QED) is 0.607. The molecule has 0 heterocycles. The van der Waals surface area contributed by atoms with Crippen LogP contribution >= 0.6 is 0 Å². The summed E-state index contributed by atoms with van der Waals surface area (Å²) in [7, 11) is 3.50. The Morgan fingerprint density at radius 2 is 1.75 bits per heavy atom. The maximum Gasteiger partial charge on any atom is 0.191 e. The summed E-state index contributed by atoms with van der Waals surface area (Å²) in [5.74, 6) is 2.19. The van der Waals surface area contributed by atoms with Crippen molar-refractivity contribution in [2.75, 3.05) is 27.2 Å². The van der Waals surface area contributed by atoms with Gasteiger partial charge in [-0.2, -0.15) is 0 Å². The van der Waals surface area contributed by atoms with Gasteiger partial charge in [0, 0.05) is 20.1 Å². The SMILES string of the molecule is CN=C(NCCc1ccccc1OC)NCC(C)c1ccccc1. The number of para-hydroxylation sites is 1. The van der Waals surface area contributed by atoms with Gasteiger partial charge in [-0.05, 0) is 29.5 Å². The fraction of sp³-hybridized carbons (Fsp3) is 0.350. The number of hydrogen-bond donors (Lipinski definition) is 2. The van der Waals surface area contributed by atoms with Crippen LogP contribution in [0, 0.1) is 0 Å². The third-order valence-corrected chi connectivity index (χ3v) is 4.05. The summed E-state index contributed by atoms with van der Waals surface area (Å²) >= 11 is 0. The molecule has 0 bridgehead atoms. The van der Waals surface area contributed by atoms with Gasteiger partial charge in [0.05, 0.1) is 7.11 Å². The zero-order valence-corrected chi connectivity index (χ0v) is 14.8. The van der Waals surface area contributed by atoms with Crippen molar-refractivity contribution in [3.63, 3.8) is 0 Å². The standard InChI is InChI=1S/C20H27N3O/c1-16(17-9-5-4-6-10-17)15-23-20(21-2)22-14-13-18-11-7-8-12-19(18)24-3/h4-12,16H,13-15H2,1-3H3,(H2,21,22,23). The highest BCUT2D eigenvalue weighted by Gasteiger charge is 2.06. The van der Waals surface area contributed by atoms with Crippen LogP contribution in [0.2, 0.25) is 0 Å². The maximum absolute atomic E-state index is 5.38. The molecule has 2 aromatic carbocycles. The van der Waals surface area contributed by atoms with E-state index >= 15 is 0 Å². The Morgan fingerprint density at radius 1 is 1.04 bits per heavy atom. The molecule has 4 nitrogen and oxygen atoms in total. The van der Waals surface area contributed by atoms with Crippen molar-refractivity contribution in [1.29, 1.82) is 0 Å². The van der Waals surface area contributed by atoms with Crippen molar-refractivity contribution in [2.45, 2.75) is 19.3 Å². The molecule has 1 unspecified atom stereocenters. The molecule has 1 atom stereocenters. The van der Waals surface area contributed by atoms with Gasteiger partial charge in [0.15, 0.2) is 5.96 Å². The van der Waals surface area contributed by atoms with Crippen molar-refractivity contribution < 1.29 is 4.74 Å². The molecule has 0 amide bonds. The number of rotatable bonds is 7. The second-order valence-corrected chi connectivity index (χ2v) is 5.75. The predicted octanol–water partition coefficient (Wildman–Crippen LogP) is 3.21. The summed E-state index contributed by atoms with van der Waals surface area (Å²) in [5, 5.41) is 6.75. The Morgan fingerprint density at radius 3 is 2.46 bits per heavy atom. The first-order valence-corrected chi connectivity index (χ1v) is 8.36. The molecule has 0 radical (unpaired) electrons. The Labute approximate surface area is 145 Å². The number of benzene rings is 2. The zero-order chi connectivity index (χ0) is 17.2. The average molecular weight is 325 g/mol. The lowest BCUT2D eigenvalue weighted by molar-refractivity contribution is 0.409. The predicted molar refractivity (Wildman–Crippen MR) is 101 cm³/mol. The molecule has 0 saturated heterocycles. The van der Waals surface area contributed by atoms with Gasteiger partial charge >= 0.3 is 0 Å². The molecule has 4 heteroatoms. The van der Waals surface area contributed by atoms with Gasteiger partial charge in [0.25, 0.3) is 0 Å². The molecule has 2 rings (SSSR count). The third kappa shape index (κ3) is 5.30. The molecule has 2 N–H and O–H groups in total.